The predicted octanol–water partition coefficient (Wildman–Crippen LogP) is 23.4. The van der Waals surface area contributed by atoms with E-state index in [0.717, 1.165) is 152 Å². The van der Waals surface area contributed by atoms with Crippen molar-refractivity contribution in [1.82, 2.24) is 18.3 Å². The van der Waals surface area contributed by atoms with Gasteiger partial charge < -0.3 is 18.3 Å². The highest BCUT2D eigenvalue weighted by Gasteiger charge is 2.31. The second-order valence-corrected chi connectivity index (χ2v) is 25.8. The zero-order valence-electron chi connectivity index (χ0n) is 49.8. The second kappa shape index (κ2) is 20.8. The lowest BCUT2D eigenvalue weighted by Gasteiger charge is -2.25. The molecular weight excluding hydrogens is 1230 g/mol. The maximum Gasteiger partial charge on any atom is 0.104 e. The number of nitrogens with zero attached hydrogens (tertiary/aromatic N) is 5. The molecule has 17 rings (SSSR count). The molecule has 0 aliphatic heterocycles. The fraction of sp³-hybridized carbons (Fsp3) is 0.0482. The first-order valence-corrected chi connectivity index (χ1v) is 32.1. The number of hydrogen-bond acceptors (Lipinski definition) is 1. The lowest BCUT2D eigenvalue weighted by atomic mass is 9.94. The fourth-order valence-corrected chi connectivity index (χ4v) is 16.5. The molecule has 4 aromatic heterocycles. The van der Waals surface area contributed by atoms with E-state index in [0.29, 0.717) is 5.56 Å². The van der Waals surface area contributed by atoms with E-state index in [1.54, 1.807) is 0 Å². The Balaban J connectivity index is 1.10. The summed E-state index contributed by atoms with van der Waals surface area (Å²) in [6, 6.07) is 98.3. The Bertz CT molecular complexity index is 5420. The summed E-state index contributed by atoms with van der Waals surface area (Å²) in [5, 5.41) is 21.8. The van der Waals surface area contributed by atoms with Gasteiger partial charge in [-0.15, -0.1) is 0 Å². The second-order valence-electron chi connectivity index (χ2n) is 24.0. The number of hydrogen-bond donors (Lipinski definition) is 0. The van der Waals surface area contributed by atoms with E-state index in [2.05, 4.69) is 345 Å². The van der Waals surface area contributed by atoms with Gasteiger partial charge in [0.25, 0.3) is 0 Å². The van der Waals surface area contributed by atoms with Crippen molar-refractivity contribution in [3.8, 4) is 73.3 Å². The van der Waals surface area contributed by atoms with Gasteiger partial charge in [0.2, 0.25) is 0 Å². The zero-order chi connectivity index (χ0) is 60.6. The molecule has 13 aromatic carbocycles. The third-order valence-electron chi connectivity index (χ3n) is 18.7. The number of halogens is 2. The van der Waals surface area contributed by atoms with Crippen LogP contribution in [0.5, 0.6) is 0 Å². The summed E-state index contributed by atoms with van der Waals surface area (Å²) in [5.74, 6) is 0. The van der Waals surface area contributed by atoms with Crippen LogP contribution in [0.1, 0.15) is 27.8 Å². The maximum absolute atomic E-state index is 13.0. The van der Waals surface area contributed by atoms with Gasteiger partial charge in [0.15, 0.2) is 0 Å². The number of rotatable bonds is 8. The number of fused-ring (bicyclic) bond motifs is 12. The van der Waals surface area contributed by atoms with E-state index in [1.807, 2.05) is 0 Å². The van der Waals surface area contributed by atoms with Crippen molar-refractivity contribution < 1.29 is 0 Å². The highest BCUT2D eigenvalue weighted by molar-refractivity contribution is 9.10. The first-order valence-electron chi connectivity index (χ1n) is 30.5. The molecule has 0 fully saturated rings. The molecule has 90 heavy (non-hydrogen) atoms. The van der Waals surface area contributed by atoms with Crippen LogP contribution >= 0.6 is 31.9 Å². The van der Waals surface area contributed by atoms with Crippen LogP contribution in [0.15, 0.2) is 270 Å². The predicted molar refractivity (Wildman–Crippen MR) is 385 cm³/mol. The van der Waals surface area contributed by atoms with Gasteiger partial charge in [-0.05, 0) is 198 Å². The van der Waals surface area contributed by atoms with Gasteiger partial charge in [0.1, 0.15) is 11.6 Å². The largest absolute Gasteiger partial charge is 0.307 e. The molecule has 5 nitrogen and oxygen atoms in total. The molecule has 7 heteroatoms. The van der Waals surface area contributed by atoms with Gasteiger partial charge in [-0.25, -0.2) is 0 Å². The molecule has 0 aliphatic carbocycles. The van der Waals surface area contributed by atoms with E-state index in [4.69, 9.17) is 0 Å². The summed E-state index contributed by atoms with van der Waals surface area (Å²) in [4.78, 5) is 0. The summed E-state index contributed by atoms with van der Waals surface area (Å²) in [6.07, 6.45) is 0. The number of aryl methyl sites for hydroxylation is 4. The van der Waals surface area contributed by atoms with Crippen molar-refractivity contribution in [3.05, 3.63) is 298 Å². The van der Waals surface area contributed by atoms with Gasteiger partial charge in [0.05, 0.1) is 66.9 Å². The normalized spacial score (nSPS) is 11.9. The molecule has 0 saturated heterocycles. The number of para-hydroxylation sites is 4. The van der Waals surface area contributed by atoms with Crippen LogP contribution in [0.2, 0.25) is 0 Å². The Morgan fingerprint density at radius 3 is 0.867 bits per heavy atom. The van der Waals surface area contributed by atoms with E-state index < -0.39 is 0 Å². The number of benzene rings is 13. The number of nitriles is 1. The molecule has 17 aromatic rings. The van der Waals surface area contributed by atoms with Crippen molar-refractivity contribution in [3.63, 3.8) is 0 Å². The van der Waals surface area contributed by atoms with Gasteiger partial charge in [-0.1, -0.05) is 190 Å². The SMILES string of the molecule is Cc1cc(Br)cc(C)c1-c1ccc2c(c1)c1cc(-c3ccccc3)ccc1n2-c1cc(-n2c3ccc(-c4ccccc4)cc3c3cc(-c4c(C)cc(Br)cc4C)ccc32)c(-n2c3ccccc3c3ccccc32)c(C#N)c1-n1c2ccccc2c2ccccc21. The van der Waals surface area contributed by atoms with Crippen molar-refractivity contribution >= 4 is 119 Å². The zero-order valence-corrected chi connectivity index (χ0v) is 53.0. The van der Waals surface area contributed by atoms with Gasteiger partial charge in [0, 0.05) is 52.0 Å². The Morgan fingerprint density at radius 2 is 0.544 bits per heavy atom. The molecule has 0 atom stereocenters. The summed E-state index contributed by atoms with van der Waals surface area (Å²) >= 11 is 7.61. The fourth-order valence-electron chi connectivity index (χ4n) is 15.1. The molecule has 0 N–H and O–H groups in total. The minimum atomic E-state index is 0.530. The molecule has 4 heterocycles. The number of aromatic nitrogens is 4. The molecule has 426 valence electrons. The molecule has 0 saturated carbocycles. The Hall–Kier alpha value is -10.5. The first kappa shape index (κ1) is 53.7. The van der Waals surface area contributed by atoms with Crippen LogP contribution < -0.4 is 0 Å². The minimum absolute atomic E-state index is 0.530. The van der Waals surface area contributed by atoms with Crippen LogP contribution in [0, 0.1) is 39.0 Å². The molecule has 0 amide bonds. The molecule has 0 radical (unpaired) electrons. The molecule has 0 aliphatic rings. The Morgan fingerprint density at radius 1 is 0.267 bits per heavy atom. The monoisotopic (exact) mass is 1280 g/mol. The van der Waals surface area contributed by atoms with Gasteiger partial charge in [-0.2, -0.15) is 5.26 Å². The van der Waals surface area contributed by atoms with E-state index >= 15 is 0 Å². The molecule has 0 spiro atoms. The lowest BCUT2D eigenvalue weighted by molar-refractivity contribution is 1.03. The Kier molecular flexibility index (Phi) is 12.4. The highest BCUT2D eigenvalue weighted by Crippen LogP contribution is 2.49. The van der Waals surface area contributed by atoms with Crippen molar-refractivity contribution in [1.29, 1.82) is 5.26 Å². The highest BCUT2D eigenvalue weighted by atomic mass is 79.9. The standard InChI is InChI=1S/C83H55Br2N5/c1-49-39-59(84)40-50(2)80(49)57-33-37-76-67(45-57)65-43-55(53-19-7-5-8-20-53)31-35-74(65)87(76)78-47-79(88-75-36-32-56(54-21-9-6-10-22-54)44-66(75)68-46-58(34-38-77(68)88)81-51(3)41-60(85)42-52(81)4)83(90-72-29-17-13-25-63(72)64-26-14-18-30-73(64)90)69(48-86)82(78)89-70-27-15-11-23-61(70)62-24-12-16-28-71(62)89/h5-47H,1-4H3. The van der Waals surface area contributed by atoms with Crippen molar-refractivity contribution in [2.24, 2.45) is 0 Å². The molecular formula is C83H55Br2N5. The van der Waals surface area contributed by atoms with Crippen LogP contribution in [-0.2, 0) is 0 Å². The topological polar surface area (TPSA) is 43.5 Å². The smallest absolute Gasteiger partial charge is 0.104 e. The van der Waals surface area contributed by atoms with E-state index in [1.165, 1.54) is 33.4 Å². The quantitative estimate of drug-likeness (QED) is 0.150. The van der Waals surface area contributed by atoms with Gasteiger partial charge >= 0.3 is 0 Å². The average Bonchev–Trinajstić information content (AvgIpc) is 1.50. The molecule has 0 unspecified atom stereocenters. The van der Waals surface area contributed by atoms with Crippen LogP contribution in [0.3, 0.4) is 0 Å². The van der Waals surface area contributed by atoms with Crippen LogP contribution in [-0.4, -0.2) is 18.3 Å². The first-order chi connectivity index (χ1) is 44.1. The van der Waals surface area contributed by atoms with E-state index in [9.17, 15) is 5.26 Å². The van der Waals surface area contributed by atoms with E-state index in [-0.39, 0.29) is 0 Å². The van der Waals surface area contributed by atoms with Crippen LogP contribution in [0.25, 0.3) is 154 Å². The Labute approximate surface area is 537 Å². The molecule has 0 bridgehead atoms. The third kappa shape index (κ3) is 8.18. The maximum atomic E-state index is 13.0. The minimum Gasteiger partial charge on any atom is -0.307 e. The summed E-state index contributed by atoms with van der Waals surface area (Å²) < 4.78 is 11.8. The third-order valence-corrected chi connectivity index (χ3v) is 19.7. The summed E-state index contributed by atoms with van der Waals surface area (Å²) in [6.45, 7) is 8.82. The van der Waals surface area contributed by atoms with Crippen molar-refractivity contribution in [2.45, 2.75) is 27.7 Å². The van der Waals surface area contributed by atoms with Crippen LogP contribution in [0.4, 0.5) is 0 Å². The summed E-state index contributed by atoms with van der Waals surface area (Å²) in [7, 11) is 0. The lowest BCUT2D eigenvalue weighted by Crippen LogP contribution is -2.13. The average molecular weight is 1280 g/mol. The van der Waals surface area contributed by atoms with Gasteiger partial charge in [-0.3, -0.25) is 0 Å². The van der Waals surface area contributed by atoms with Crippen molar-refractivity contribution in [2.75, 3.05) is 0 Å². The summed E-state index contributed by atoms with van der Waals surface area (Å²) in [5.41, 5.74) is 25.9.